The molecule has 1 nitrogen and oxygen atoms in total. The second-order valence-corrected chi connectivity index (χ2v) is 4.12. The van der Waals surface area contributed by atoms with E-state index >= 15 is 0 Å². The third-order valence-corrected chi connectivity index (χ3v) is 3.03. The average Bonchev–Trinajstić information content (AvgIpc) is 2.16. The summed E-state index contributed by atoms with van der Waals surface area (Å²) in [5.41, 5.74) is 10.1. The summed E-state index contributed by atoms with van der Waals surface area (Å²) in [6.45, 7) is 3.00. The lowest BCUT2D eigenvalue weighted by atomic mass is 9.83. The second kappa shape index (κ2) is 4.81. The number of benzene rings is 1. The molecular formula is C12H18ClN. The number of halogens is 1. The Labute approximate surface area is 92.1 Å². The van der Waals surface area contributed by atoms with Crippen molar-refractivity contribution in [1.29, 1.82) is 0 Å². The van der Waals surface area contributed by atoms with E-state index in [-0.39, 0.29) is 12.4 Å². The zero-order valence-electron chi connectivity index (χ0n) is 8.62. The second-order valence-electron chi connectivity index (χ2n) is 4.12. The molecule has 0 amide bonds. The molecule has 0 aromatic heterocycles. The Morgan fingerprint density at radius 2 is 2.14 bits per heavy atom. The summed E-state index contributed by atoms with van der Waals surface area (Å²) in [4.78, 5) is 0. The van der Waals surface area contributed by atoms with Gasteiger partial charge in [0.2, 0.25) is 0 Å². The Morgan fingerprint density at radius 3 is 2.86 bits per heavy atom. The van der Waals surface area contributed by atoms with Crippen molar-refractivity contribution in [3.05, 3.63) is 34.9 Å². The highest BCUT2D eigenvalue weighted by Crippen LogP contribution is 2.25. The normalized spacial score (nSPS) is 19.7. The maximum Gasteiger partial charge on any atom is -0.00456 e. The predicted molar refractivity (Wildman–Crippen MR) is 63.0 cm³/mol. The highest BCUT2D eigenvalue weighted by Gasteiger charge is 2.16. The van der Waals surface area contributed by atoms with Gasteiger partial charge in [0.15, 0.2) is 0 Å². The van der Waals surface area contributed by atoms with Crippen molar-refractivity contribution in [2.45, 2.75) is 26.2 Å². The smallest absolute Gasteiger partial charge is 0.00456 e. The molecule has 14 heavy (non-hydrogen) atoms. The fraction of sp³-hybridized carbons (Fsp3) is 0.500. The van der Waals surface area contributed by atoms with Crippen LogP contribution in [-0.2, 0) is 12.8 Å². The summed E-state index contributed by atoms with van der Waals surface area (Å²) in [5, 5.41) is 0. The van der Waals surface area contributed by atoms with Crippen LogP contribution in [0.1, 0.15) is 23.1 Å². The molecule has 1 aliphatic carbocycles. The van der Waals surface area contributed by atoms with Crippen molar-refractivity contribution in [3.63, 3.8) is 0 Å². The molecule has 1 aromatic rings. The quantitative estimate of drug-likeness (QED) is 0.759. The van der Waals surface area contributed by atoms with E-state index in [2.05, 4.69) is 25.1 Å². The first-order valence-corrected chi connectivity index (χ1v) is 5.08. The molecule has 2 N–H and O–H groups in total. The standard InChI is InChI=1S/C12H17N.ClH/c1-9-2-4-11-5-3-10(8-13)7-12(11)6-9;/h2,4,6,10H,3,5,7-8,13H2,1H3;1H. The van der Waals surface area contributed by atoms with Crippen LogP contribution in [0.3, 0.4) is 0 Å². The van der Waals surface area contributed by atoms with Gasteiger partial charge in [-0.1, -0.05) is 23.8 Å². The Bertz CT molecular complexity index is 309. The first kappa shape index (κ1) is 11.5. The van der Waals surface area contributed by atoms with E-state index in [4.69, 9.17) is 5.73 Å². The molecule has 1 aromatic carbocycles. The molecule has 0 heterocycles. The Balaban J connectivity index is 0.000000980. The average molecular weight is 212 g/mol. The predicted octanol–water partition coefficient (Wildman–Crippen LogP) is 2.48. The van der Waals surface area contributed by atoms with Gasteiger partial charge in [0.1, 0.15) is 0 Å². The zero-order valence-corrected chi connectivity index (χ0v) is 9.44. The number of hydrogen-bond donors (Lipinski definition) is 1. The first-order valence-electron chi connectivity index (χ1n) is 5.08. The monoisotopic (exact) mass is 211 g/mol. The number of hydrogen-bond acceptors (Lipinski definition) is 1. The Hall–Kier alpha value is -0.530. The number of nitrogens with two attached hydrogens (primary N) is 1. The van der Waals surface area contributed by atoms with Gasteiger partial charge in [0, 0.05) is 0 Å². The summed E-state index contributed by atoms with van der Waals surface area (Å²) in [5.74, 6) is 0.717. The third-order valence-electron chi connectivity index (χ3n) is 3.03. The molecule has 1 unspecified atom stereocenters. The van der Waals surface area contributed by atoms with Gasteiger partial charge >= 0.3 is 0 Å². The summed E-state index contributed by atoms with van der Waals surface area (Å²) in [6.07, 6.45) is 3.68. The van der Waals surface area contributed by atoms with Gasteiger partial charge in [-0.25, -0.2) is 0 Å². The van der Waals surface area contributed by atoms with Crippen LogP contribution in [0, 0.1) is 12.8 Å². The van der Waals surface area contributed by atoms with E-state index in [1.54, 1.807) is 0 Å². The van der Waals surface area contributed by atoms with E-state index in [0.717, 1.165) is 6.54 Å². The van der Waals surface area contributed by atoms with E-state index in [1.807, 2.05) is 0 Å². The first-order chi connectivity index (χ1) is 6.29. The van der Waals surface area contributed by atoms with E-state index in [1.165, 1.54) is 36.0 Å². The summed E-state index contributed by atoms with van der Waals surface area (Å²) in [6, 6.07) is 6.80. The fourth-order valence-corrected chi connectivity index (χ4v) is 2.16. The summed E-state index contributed by atoms with van der Waals surface area (Å²) < 4.78 is 0. The van der Waals surface area contributed by atoms with Crippen LogP contribution in [0.15, 0.2) is 18.2 Å². The minimum Gasteiger partial charge on any atom is -0.330 e. The van der Waals surface area contributed by atoms with E-state index < -0.39 is 0 Å². The van der Waals surface area contributed by atoms with Crippen LogP contribution in [-0.4, -0.2) is 6.54 Å². The van der Waals surface area contributed by atoms with Crippen molar-refractivity contribution in [2.24, 2.45) is 11.7 Å². The van der Waals surface area contributed by atoms with Crippen molar-refractivity contribution in [2.75, 3.05) is 6.54 Å². The molecule has 0 radical (unpaired) electrons. The van der Waals surface area contributed by atoms with Gasteiger partial charge < -0.3 is 5.73 Å². The topological polar surface area (TPSA) is 26.0 Å². The van der Waals surface area contributed by atoms with Crippen molar-refractivity contribution in [1.82, 2.24) is 0 Å². The molecule has 0 aliphatic heterocycles. The highest BCUT2D eigenvalue weighted by molar-refractivity contribution is 5.85. The van der Waals surface area contributed by atoms with Gasteiger partial charge in [-0.2, -0.15) is 0 Å². The molecule has 0 saturated heterocycles. The molecule has 78 valence electrons. The fourth-order valence-electron chi connectivity index (χ4n) is 2.16. The van der Waals surface area contributed by atoms with Gasteiger partial charge in [-0.05, 0) is 49.8 Å². The zero-order chi connectivity index (χ0) is 9.26. The molecule has 1 atom stereocenters. The van der Waals surface area contributed by atoms with Crippen molar-refractivity contribution >= 4 is 12.4 Å². The molecule has 0 saturated carbocycles. The van der Waals surface area contributed by atoms with Crippen LogP contribution in [0.4, 0.5) is 0 Å². The third kappa shape index (κ3) is 2.28. The lowest BCUT2D eigenvalue weighted by Gasteiger charge is -2.23. The largest absolute Gasteiger partial charge is 0.330 e. The van der Waals surface area contributed by atoms with Crippen LogP contribution in [0.5, 0.6) is 0 Å². The summed E-state index contributed by atoms with van der Waals surface area (Å²) >= 11 is 0. The van der Waals surface area contributed by atoms with Crippen molar-refractivity contribution in [3.8, 4) is 0 Å². The SMILES string of the molecule is Cc1ccc2c(c1)CC(CN)CC2.Cl. The maximum absolute atomic E-state index is 5.70. The van der Waals surface area contributed by atoms with Gasteiger partial charge in [-0.15, -0.1) is 12.4 Å². The maximum atomic E-state index is 5.70. The number of fused-ring (bicyclic) bond motifs is 1. The molecule has 2 rings (SSSR count). The molecule has 1 aliphatic rings. The molecule has 0 bridgehead atoms. The van der Waals surface area contributed by atoms with E-state index in [0.29, 0.717) is 5.92 Å². The molecular weight excluding hydrogens is 194 g/mol. The van der Waals surface area contributed by atoms with Gasteiger partial charge in [-0.3, -0.25) is 0 Å². The highest BCUT2D eigenvalue weighted by atomic mass is 35.5. The lowest BCUT2D eigenvalue weighted by molar-refractivity contribution is 0.469. The molecule has 0 spiro atoms. The Morgan fingerprint density at radius 1 is 1.36 bits per heavy atom. The van der Waals surface area contributed by atoms with E-state index in [9.17, 15) is 0 Å². The Kier molecular flexibility index (Phi) is 3.97. The lowest BCUT2D eigenvalue weighted by Crippen LogP contribution is -2.22. The van der Waals surface area contributed by atoms with Crippen LogP contribution < -0.4 is 5.73 Å². The number of rotatable bonds is 1. The van der Waals surface area contributed by atoms with Crippen LogP contribution in [0.2, 0.25) is 0 Å². The molecule has 0 fully saturated rings. The van der Waals surface area contributed by atoms with Gasteiger partial charge in [0.25, 0.3) is 0 Å². The van der Waals surface area contributed by atoms with Gasteiger partial charge in [0.05, 0.1) is 0 Å². The molecule has 2 heteroatoms. The summed E-state index contributed by atoms with van der Waals surface area (Å²) in [7, 11) is 0. The van der Waals surface area contributed by atoms with Crippen LogP contribution in [0.25, 0.3) is 0 Å². The van der Waals surface area contributed by atoms with Crippen LogP contribution >= 0.6 is 12.4 Å². The number of aryl methyl sites for hydroxylation is 2. The minimum atomic E-state index is 0. The van der Waals surface area contributed by atoms with Crippen molar-refractivity contribution < 1.29 is 0 Å². The minimum absolute atomic E-state index is 0.